The number of nitrogens with one attached hydrogen (secondary N) is 1. The van der Waals surface area contributed by atoms with E-state index in [1.807, 2.05) is 18.2 Å². The number of alkyl carbamates (subject to hydrolysis) is 1. The Balaban J connectivity index is 1.79. The van der Waals surface area contributed by atoms with E-state index < -0.39 is 35.7 Å². The van der Waals surface area contributed by atoms with Crippen LogP contribution in [0.3, 0.4) is 0 Å². The highest BCUT2D eigenvalue weighted by molar-refractivity contribution is 5.67. The Bertz CT molecular complexity index is 734. The van der Waals surface area contributed by atoms with Gasteiger partial charge in [-0.25, -0.2) is 13.6 Å². The molecule has 3 N–H and O–H groups in total. The van der Waals surface area contributed by atoms with Crippen LogP contribution >= 0.6 is 0 Å². The summed E-state index contributed by atoms with van der Waals surface area (Å²) in [5.41, 5.74) is 0.691. The summed E-state index contributed by atoms with van der Waals surface area (Å²) in [6.07, 6.45) is -3.59. The normalized spacial score (nSPS) is 12.9. The molecule has 0 heterocycles. The monoisotopic (exact) mass is 381 g/mol. The van der Waals surface area contributed by atoms with Crippen molar-refractivity contribution in [2.75, 3.05) is 13.7 Å². The number of hydrogen-bond acceptors (Lipinski definition) is 5. The summed E-state index contributed by atoms with van der Waals surface area (Å²) < 4.78 is 36.9. The lowest BCUT2D eigenvalue weighted by Gasteiger charge is -2.19. The van der Waals surface area contributed by atoms with Crippen LogP contribution in [0.5, 0.6) is 5.75 Å². The fraction of sp³-hybridized carbons (Fsp3) is 0.316. The molecule has 2 aromatic carbocycles. The minimum atomic E-state index is -1.53. The van der Waals surface area contributed by atoms with Crippen LogP contribution in [0, 0.1) is 11.6 Å². The predicted octanol–water partition coefficient (Wildman–Crippen LogP) is 2.68. The van der Waals surface area contributed by atoms with Crippen molar-refractivity contribution in [2.45, 2.75) is 25.2 Å². The number of aliphatic hydroxyl groups is 2. The molecule has 0 aromatic heterocycles. The molecule has 0 saturated carbocycles. The lowest BCUT2D eigenvalue weighted by Crippen LogP contribution is -2.29. The molecule has 1 amide bonds. The average Bonchev–Trinajstić information content (AvgIpc) is 2.66. The molecule has 0 radical (unpaired) electrons. The summed E-state index contributed by atoms with van der Waals surface area (Å²) >= 11 is 0. The maximum absolute atomic E-state index is 13.7. The molecule has 0 aliphatic heterocycles. The van der Waals surface area contributed by atoms with Crippen molar-refractivity contribution in [1.82, 2.24) is 5.32 Å². The topological polar surface area (TPSA) is 88.0 Å². The highest BCUT2D eigenvalue weighted by Gasteiger charge is 2.22. The molecule has 0 saturated heterocycles. The number of halogens is 2. The lowest BCUT2D eigenvalue weighted by molar-refractivity contribution is 0.0132. The zero-order valence-corrected chi connectivity index (χ0v) is 14.7. The van der Waals surface area contributed by atoms with E-state index in [1.165, 1.54) is 0 Å². The fourth-order valence-electron chi connectivity index (χ4n) is 2.42. The standard InChI is InChI=1S/C19H21F2NO5/c1-26-18-14(20)9-13(10-15(18)21)17(24)16(23)7-8-22-19(25)27-11-12-5-3-2-4-6-12/h2-6,9-10,16-17,23-24H,7-8,11H2,1H3,(H,22,25). The molecule has 146 valence electrons. The van der Waals surface area contributed by atoms with Gasteiger partial charge in [0.1, 0.15) is 12.7 Å². The third-order valence-electron chi connectivity index (χ3n) is 3.85. The fourth-order valence-corrected chi connectivity index (χ4v) is 2.42. The number of amides is 1. The minimum Gasteiger partial charge on any atom is -0.491 e. The van der Waals surface area contributed by atoms with Crippen LogP contribution in [0.4, 0.5) is 13.6 Å². The Kier molecular flexibility index (Phi) is 7.51. The second-order valence-corrected chi connectivity index (χ2v) is 5.81. The molecule has 0 aliphatic carbocycles. The van der Waals surface area contributed by atoms with Crippen LogP contribution in [-0.2, 0) is 11.3 Å². The van der Waals surface area contributed by atoms with Crippen LogP contribution in [-0.4, -0.2) is 36.1 Å². The van der Waals surface area contributed by atoms with Crippen LogP contribution in [0.1, 0.15) is 23.7 Å². The Morgan fingerprint density at radius 2 is 1.78 bits per heavy atom. The van der Waals surface area contributed by atoms with Gasteiger partial charge in [-0.2, -0.15) is 0 Å². The molecular formula is C19H21F2NO5. The van der Waals surface area contributed by atoms with E-state index in [9.17, 15) is 23.8 Å². The number of methoxy groups -OCH3 is 1. The van der Waals surface area contributed by atoms with E-state index in [1.54, 1.807) is 12.1 Å². The third-order valence-corrected chi connectivity index (χ3v) is 3.85. The number of hydrogen-bond donors (Lipinski definition) is 3. The molecule has 6 nitrogen and oxygen atoms in total. The first-order valence-corrected chi connectivity index (χ1v) is 8.26. The number of carbonyl (C=O) groups excluding carboxylic acids is 1. The molecule has 2 unspecified atom stereocenters. The van der Waals surface area contributed by atoms with E-state index >= 15 is 0 Å². The summed E-state index contributed by atoms with van der Waals surface area (Å²) in [6, 6.07) is 10.9. The first kappa shape index (κ1) is 20.6. The Hall–Kier alpha value is -2.71. The van der Waals surface area contributed by atoms with E-state index in [4.69, 9.17) is 4.74 Å². The van der Waals surface area contributed by atoms with Crippen molar-refractivity contribution in [2.24, 2.45) is 0 Å². The van der Waals surface area contributed by atoms with Crippen molar-refractivity contribution in [3.63, 3.8) is 0 Å². The van der Waals surface area contributed by atoms with Crippen LogP contribution in [0.25, 0.3) is 0 Å². The molecular weight excluding hydrogens is 360 g/mol. The van der Waals surface area contributed by atoms with Gasteiger partial charge >= 0.3 is 6.09 Å². The molecule has 27 heavy (non-hydrogen) atoms. The van der Waals surface area contributed by atoms with Gasteiger partial charge in [0.25, 0.3) is 0 Å². The molecule has 2 aromatic rings. The van der Waals surface area contributed by atoms with E-state index in [0.717, 1.165) is 24.8 Å². The van der Waals surface area contributed by atoms with Gasteiger partial charge in [0.15, 0.2) is 17.4 Å². The largest absolute Gasteiger partial charge is 0.491 e. The Morgan fingerprint density at radius 3 is 2.37 bits per heavy atom. The van der Waals surface area contributed by atoms with Gasteiger partial charge in [-0.15, -0.1) is 0 Å². The summed E-state index contributed by atoms with van der Waals surface area (Å²) in [6.45, 7) is 0.106. The Morgan fingerprint density at radius 1 is 1.15 bits per heavy atom. The summed E-state index contributed by atoms with van der Waals surface area (Å²) in [5, 5.41) is 22.5. The maximum Gasteiger partial charge on any atom is 0.407 e. The van der Waals surface area contributed by atoms with E-state index in [-0.39, 0.29) is 25.1 Å². The number of rotatable bonds is 8. The molecule has 0 bridgehead atoms. The van der Waals surface area contributed by atoms with Gasteiger partial charge in [-0.05, 0) is 29.7 Å². The van der Waals surface area contributed by atoms with Crippen molar-refractivity contribution >= 4 is 6.09 Å². The van der Waals surface area contributed by atoms with Crippen molar-refractivity contribution < 1.29 is 33.3 Å². The highest BCUT2D eigenvalue weighted by Crippen LogP contribution is 2.27. The van der Waals surface area contributed by atoms with E-state index in [0.29, 0.717) is 0 Å². The minimum absolute atomic E-state index is 0.00691. The van der Waals surface area contributed by atoms with Gasteiger partial charge in [0.2, 0.25) is 0 Å². The van der Waals surface area contributed by atoms with Crippen LogP contribution in [0.15, 0.2) is 42.5 Å². The van der Waals surface area contributed by atoms with Gasteiger partial charge in [-0.3, -0.25) is 0 Å². The van der Waals surface area contributed by atoms with Crippen molar-refractivity contribution in [3.05, 3.63) is 65.2 Å². The molecule has 0 spiro atoms. The molecule has 0 aliphatic rings. The summed E-state index contributed by atoms with van der Waals surface area (Å²) in [5.74, 6) is -2.54. The summed E-state index contributed by atoms with van der Waals surface area (Å²) in [4.78, 5) is 11.6. The zero-order valence-electron chi connectivity index (χ0n) is 14.7. The number of carbonyl (C=O) groups is 1. The van der Waals surface area contributed by atoms with E-state index in [2.05, 4.69) is 10.1 Å². The van der Waals surface area contributed by atoms with Crippen LogP contribution < -0.4 is 10.1 Å². The van der Waals surface area contributed by atoms with Crippen molar-refractivity contribution in [1.29, 1.82) is 0 Å². The molecule has 0 fully saturated rings. The average molecular weight is 381 g/mol. The van der Waals surface area contributed by atoms with Crippen LogP contribution in [0.2, 0.25) is 0 Å². The summed E-state index contributed by atoms with van der Waals surface area (Å²) in [7, 11) is 1.12. The molecule has 2 rings (SSSR count). The lowest BCUT2D eigenvalue weighted by atomic mass is 10.0. The van der Waals surface area contributed by atoms with Gasteiger partial charge in [0.05, 0.1) is 13.2 Å². The number of aliphatic hydroxyl groups excluding tert-OH is 2. The van der Waals surface area contributed by atoms with Crippen molar-refractivity contribution in [3.8, 4) is 5.75 Å². The Labute approximate surface area is 155 Å². The third kappa shape index (κ3) is 5.90. The smallest absolute Gasteiger partial charge is 0.407 e. The maximum atomic E-state index is 13.7. The quantitative estimate of drug-likeness (QED) is 0.654. The van der Waals surface area contributed by atoms with Gasteiger partial charge in [-0.1, -0.05) is 30.3 Å². The SMILES string of the molecule is COc1c(F)cc(C(O)C(O)CCNC(=O)OCc2ccccc2)cc1F. The first-order chi connectivity index (χ1) is 12.9. The predicted molar refractivity (Wildman–Crippen MR) is 93.1 cm³/mol. The number of benzene rings is 2. The van der Waals surface area contributed by atoms with Gasteiger partial charge in [0, 0.05) is 6.54 Å². The second kappa shape index (κ2) is 9.84. The molecule has 8 heteroatoms. The van der Waals surface area contributed by atoms with Gasteiger partial charge < -0.3 is 25.0 Å². The first-order valence-electron chi connectivity index (χ1n) is 8.26. The second-order valence-electron chi connectivity index (χ2n) is 5.81. The molecule has 2 atom stereocenters. The number of ether oxygens (including phenoxy) is 2. The highest BCUT2D eigenvalue weighted by atomic mass is 19.1. The zero-order chi connectivity index (χ0) is 19.8.